The van der Waals surface area contributed by atoms with Crippen LogP contribution < -0.4 is 10.6 Å². The summed E-state index contributed by atoms with van der Waals surface area (Å²) in [5, 5.41) is 9.55. The topological polar surface area (TPSA) is 97.9 Å². The first-order chi connectivity index (χ1) is 12.1. The normalized spacial score (nSPS) is 12.0. The maximum absolute atomic E-state index is 12.3. The lowest BCUT2D eigenvalue weighted by atomic mass is 10.2. The molecule has 130 valence electrons. The number of benzene rings is 1. The smallest absolute Gasteiger partial charge is 0.319 e. The molecule has 8 heteroatoms. The van der Waals surface area contributed by atoms with Gasteiger partial charge in [-0.05, 0) is 18.6 Å². The number of hydrogen-bond acceptors (Lipinski definition) is 5. The second-order valence-electron chi connectivity index (χ2n) is 5.67. The summed E-state index contributed by atoms with van der Waals surface area (Å²) < 4.78 is 6.89. The van der Waals surface area contributed by atoms with Crippen molar-refractivity contribution in [2.45, 2.75) is 26.3 Å². The fraction of sp³-hybridized carbons (Fsp3) is 0.294. The van der Waals surface area contributed by atoms with Crippen LogP contribution in [0.5, 0.6) is 0 Å². The molecule has 2 amide bonds. The Hall–Kier alpha value is -3.16. The number of hydrogen-bond donors (Lipinski definition) is 2. The molecular weight excluding hydrogens is 320 g/mol. The van der Waals surface area contributed by atoms with Crippen molar-refractivity contribution >= 4 is 11.7 Å². The number of imidazole rings is 1. The van der Waals surface area contributed by atoms with Crippen LogP contribution in [-0.4, -0.2) is 25.7 Å². The quantitative estimate of drug-likeness (QED) is 0.744. The third-order valence-electron chi connectivity index (χ3n) is 3.77. The molecule has 25 heavy (non-hydrogen) atoms. The second-order valence-corrected chi connectivity index (χ2v) is 5.67. The number of aromatic nitrogens is 4. The monoisotopic (exact) mass is 340 g/mol. The maximum Gasteiger partial charge on any atom is 0.319 e. The molecule has 3 rings (SSSR count). The average molecular weight is 340 g/mol. The van der Waals surface area contributed by atoms with Gasteiger partial charge >= 0.3 is 6.03 Å². The van der Waals surface area contributed by atoms with E-state index < -0.39 is 0 Å². The molecule has 0 aliphatic carbocycles. The summed E-state index contributed by atoms with van der Waals surface area (Å²) in [7, 11) is 1.92. The van der Waals surface area contributed by atoms with Gasteiger partial charge in [-0.3, -0.25) is 0 Å². The van der Waals surface area contributed by atoms with E-state index in [0.717, 1.165) is 11.4 Å². The Morgan fingerprint density at radius 1 is 1.40 bits per heavy atom. The second kappa shape index (κ2) is 7.16. The molecule has 0 bridgehead atoms. The number of nitrogens with one attached hydrogen (secondary N) is 2. The van der Waals surface area contributed by atoms with Gasteiger partial charge in [0, 0.05) is 37.6 Å². The molecule has 0 spiro atoms. The summed E-state index contributed by atoms with van der Waals surface area (Å²) in [6, 6.07) is 6.88. The lowest BCUT2D eigenvalue weighted by molar-refractivity contribution is 0.247. The van der Waals surface area contributed by atoms with Gasteiger partial charge in [0.15, 0.2) is 5.82 Å². The van der Waals surface area contributed by atoms with E-state index in [1.165, 1.54) is 0 Å². The van der Waals surface area contributed by atoms with Crippen molar-refractivity contribution in [1.29, 1.82) is 0 Å². The maximum atomic E-state index is 12.3. The van der Waals surface area contributed by atoms with Gasteiger partial charge in [0.05, 0.1) is 6.04 Å². The van der Waals surface area contributed by atoms with E-state index >= 15 is 0 Å². The minimum absolute atomic E-state index is 0.310. The van der Waals surface area contributed by atoms with Crippen LogP contribution in [0.15, 0.2) is 41.2 Å². The number of aryl methyl sites for hydroxylation is 2. The summed E-state index contributed by atoms with van der Waals surface area (Å²) in [6.45, 7) is 3.66. The predicted octanol–water partition coefficient (Wildman–Crippen LogP) is 3.05. The fourth-order valence-corrected chi connectivity index (χ4v) is 2.51. The summed E-state index contributed by atoms with van der Waals surface area (Å²) in [6.07, 6.45) is 4.27. The standard InChI is InChI=1S/C17H20N6O2/c1-4-14(15-19-11(2)25-22-15)21-17(24)20-13-7-5-6-12(10-13)16-18-8-9-23(16)3/h5-10,14H,4H2,1-3H3,(H2,20,21,24). The zero-order valence-electron chi connectivity index (χ0n) is 14.4. The Morgan fingerprint density at radius 2 is 2.24 bits per heavy atom. The summed E-state index contributed by atoms with van der Waals surface area (Å²) in [5.41, 5.74) is 1.60. The number of carbonyl (C=O) groups excluding carboxylic acids is 1. The molecule has 3 aromatic rings. The molecule has 8 nitrogen and oxygen atoms in total. The Bertz CT molecular complexity index is 869. The molecule has 0 saturated carbocycles. The fourth-order valence-electron chi connectivity index (χ4n) is 2.51. The predicted molar refractivity (Wildman–Crippen MR) is 92.9 cm³/mol. The van der Waals surface area contributed by atoms with E-state index in [2.05, 4.69) is 25.8 Å². The van der Waals surface area contributed by atoms with Gasteiger partial charge in [-0.25, -0.2) is 9.78 Å². The molecule has 0 saturated heterocycles. The van der Waals surface area contributed by atoms with Gasteiger partial charge in [0.2, 0.25) is 5.89 Å². The van der Waals surface area contributed by atoms with Crippen LogP contribution in [0.2, 0.25) is 0 Å². The highest BCUT2D eigenvalue weighted by Crippen LogP contribution is 2.21. The van der Waals surface area contributed by atoms with Crippen LogP contribution in [-0.2, 0) is 7.05 Å². The van der Waals surface area contributed by atoms with E-state index in [-0.39, 0.29) is 12.1 Å². The van der Waals surface area contributed by atoms with E-state index in [1.807, 2.05) is 49.0 Å². The highest BCUT2D eigenvalue weighted by molar-refractivity contribution is 5.90. The molecule has 0 aliphatic rings. The van der Waals surface area contributed by atoms with Gasteiger partial charge < -0.3 is 19.7 Å². The zero-order valence-corrected chi connectivity index (χ0v) is 14.4. The van der Waals surface area contributed by atoms with Crippen molar-refractivity contribution in [1.82, 2.24) is 25.0 Å². The summed E-state index contributed by atoms with van der Waals surface area (Å²) in [5.74, 6) is 1.77. The Balaban J connectivity index is 1.69. The molecule has 2 heterocycles. The first-order valence-electron chi connectivity index (χ1n) is 8.02. The number of amides is 2. The van der Waals surface area contributed by atoms with Crippen molar-refractivity contribution in [2.24, 2.45) is 7.05 Å². The molecule has 0 aliphatic heterocycles. The van der Waals surface area contributed by atoms with Crippen molar-refractivity contribution in [3.63, 3.8) is 0 Å². The van der Waals surface area contributed by atoms with Crippen molar-refractivity contribution in [3.8, 4) is 11.4 Å². The van der Waals surface area contributed by atoms with Gasteiger partial charge in [0.1, 0.15) is 5.82 Å². The Morgan fingerprint density at radius 3 is 2.88 bits per heavy atom. The number of rotatable bonds is 5. The van der Waals surface area contributed by atoms with Crippen LogP contribution in [0.25, 0.3) is 11.4 Å². The van der Waals surface area contributed by atoms with E-state index in [9.17, 15) is 4.79 Å². The molecule has 0 radical (unpaired) electrons. The lowest BCUT2D eigenvalue weighted by Gasteiger charge is -2.14. The highest BCUT2D eigenvalue weighted by atomic mass is 16.5. The van der Waals surface area contributed by atoms with Gasteiger partial charge in [-0.1, -0.05) is 24.2 Å². The molecule has 1 atom stereocenters. The zero-order chi connectivity index (χ0) is 17.8. The Labute approximate surface area is 145 Å². The van der Waals surface area contributed by atoms with Crippen molar-refractivity contribution < 1.29 is 9.32 Å². The first-order valence-corrected chi connectivity index (χ1v) is 8.02. The molecule has 1 unspecified atom stereocenters. The van der Waals surface area contributed by atoms with Crippen LogP contribution in [0.1, 0.15) is 31.1 Å². The van der Waals surface area contributed by atoms with E-state index in [1.54, 1.807) is 13.1 Å². The number of anilines is 1. The van der Waals surface area contributed by atoms with Crippen LogP contribution >= 0.6 is 0 Å². The number of carbonyl (C=O) groups is 1. The molecule has 2 aromatic heterocycles. The highest BCUT2D eigenvalue weighted by Gasteiger charge is 2.18. The van der Waals surface area contributed by atoms with Gasteiger partial charge in [0.25, 0.3) is 0 Å². The lowest BCUT2D eigenvalue weighted by Crippen LogP contribution is -2.32. The third-order valence-corrected chi connectivity index (χ3v) is 3.77. The van der Waals surface area contributed by atoms with E-state index in [4.69, 9.17) is 4.52 Å². The molecular formula is C17H20N6O2. The van der Waals surface area contributed by atoms with E-state index in [0.29, 0.717) is 23.8 Å². The summed E-state index contributed by atoms with van der Waals surface area (Å²) >= 11 is 0. The van der Waals surface area contributed by atoms with Crippen LogP contribution in [0.4, 0.5) is 10.5 Å². The SMILES string of the molecule is CCC(NC(=O)Nc1cccc(-c2nccn2C)c1)c1noc(C)n1. The minimum Gasteiger partial charge on any atom is -0.340 e. The average Bonchev–Trinajstić information content (AvgIpc) is 3.21. The minimum atomic E-state index is -0.328. The molecule has 1 aromatic carbocycles. The summed E-state index contributed by atoms with van der Waals surface area (Å²) in [4.78, 5) is 20.8. The van der Waals surface area contributed by atoms with Crippen molar-refractivity contribution in [3.05, 3.63) is 48.4 Å². The third kappa shape index (κ3) is 3.85. The van der Waals surface area contributed by atoms with Crippen molar-refractivity contribution in [2.75, 3.05) is 5.32 Å². The van der Waals surface area contributed by atoms with Crippen LogP contribution in [0, 0.1) is 6.92 Å². The van der Waals surface area contributed by atoms with Crippen LogP contribution in [0.3, 0.4) is 0 Å². The van der Waals surface area contributed by atoms with Gasteiger partial charge in [-0.2, -0.15) is 4.98 Å². The molecule has 0 fully saturated rings. The number of nitrogens with zero attached hydrogens (tertiary/aromatic N) is 4. The molecule has 2 N–H and O–H groups in total. The number of urea groups is 1. The Kier molecular flexibility index (Phi) is 4.78. The largest absolute Gasteiger partial charge is 0.340 e. The first kappa shape index (κ1) is 16.7. The van der Waals surface area contributed by atoms with Gasteiger partial charge in [-0.15, -0.1) is 0 Å².